The van der Waals surface area contributed by atoms with Crippen LogP contribution in [0, 0.1) is 56.7 Å². The van der Waals surface area contributed by atoms with E-state index in [4.69, 9.17) is 0 Å². The van der Waals surface area contributed by atoms with Crippen molar-refractivity contribution in [3.8, 4) is 0 Å². The van der Waals surface area contributed by atoms with Gasteiger partial charge in [-0.05, 0) is 128 Å². The standard InChI is InChI=1S/C30H50O/c1-19(2)20-11-14-27(5)17-18-29(7)21(25(20)27)9-10-23-28(6)15-13-24(31)26(3,4)22(28)12-16-30(23,29)8/h20-25,31H,1,9-18H2,2-8H3/t20-,21+,22-,23?,24+,25?,27+,28-,29+,30+/m0/s1. The van der Waals surface area contributed by atoms with Crippen LogP contribution in [0.2, 0.25) is 0 Å². The van der Waals surface area contributed by atoms with Crippen molar-refractivity contribution in [2.75, 3.05) is 0 Å². The van der Waals surface area contributed by atoms with E-state index < -0.39 is 0 Å². The van der Waals surface area contributed by atoms with Crippen LogP contribution in [0.3, 0.4) is 0 Å². The van der Waals surface area contributed by atoms with Crippen molar-refractivity contribution in [2.45, 2.75) is 119 Å². The molecule has 176 valence electrons. The Labute approximate surface area is 192 Å². The fraction of sp³-hybridized carbons (Fsp3) is 0.933. The van der Waals surface area contributed by atoms with Crippen molar-refractivity contribution < 1.29 is 5.11 Å². The highest BCUT2D eigenvalue weighted by Gasteiger charge is 2.70. The molecule has 0 radical (unpaired) electrons. The van der Waals surface area contributed by atoms with Crippen LogP contribution in [0.1, 0.15) is 113 Å². The molecule has 0 saturated heterocycles. The summed E-state index contributed by atoms with van der Waals surface area (Å²) in [6.45, 7) is 22.3. The summed E-state index contributed by atoms with van der Waals surface area (Å²) in [4.78, 5) is 0. The normalized spacial score (nSPS) is 57.9. The molecule has 0 aliphatic heterocycles. The van der Waals surface area contributed by atoms with E-state index in [1.165, 1.54) is 63.4 Å². The van der Waals surface area contributed by atoms with Crippen LogP contribution in [-0.4, -0.2) is 11.2 Å². The Kier molecular flexibility index (Phi) is 4.82. The second-order valence-corrected chi connectivity index (χ2v) is 14.7. The minimum atomic E-state index is -0.118. The Bertz CT molecular complexity index is 766. The first-order chi connectivity index (χ1) is 14.3. The third kappa shape index (κ3) is 2.65. The van der Waals surface area contributed by atoms with Gasteiger partial charge in [0.1, 0.15) is 0 Å². The van der Waals surface area contributed by atoms with Gasteiger partial charge in [-0.25, -0.2) is 0 Å². The Morgan fingerprint density at radius 1 is 0.742 bits per heavy atom. The molecule has 0 aromatic carbocycles. The minimum absolute atomic E-state index is 0.0632. The average molecular weight is 427 g/mol. The van der Waals surface area contributed by atoms with Crippen molar-refractivity contribution in [1.29, 1.82) is 0 Å². The maximum atomic E-state index is 10.9. The summed E-state index contributed by atoms with van der Waals surface area (Å²) in [6.07, 6.45) is 13.4. The molecule has 0 aromatic rings. The highest BCUT2D eigenvalue weighted by atomic mass is 16.3. The molecule has 0 aromatic heterocycles. The lowest BCUT2D eigenvalue weighted by Crippen LogP contribution is -2.66. The fourth-order valence-electron chi connectivity index (χ4n) is 11.5. The molecule has 31 heavy (non-hydrogen) atoms. The lowest BCUT2D eigenvalue weighted by molar-refractivity contribution is -0.246. The van der Waals surface area contributed by atoms with Crippen molar-refractivity contribution in [3.63, 3.8) is 0 Å². The summed E-state index contributed by atoms with van der Waals surface area (Å²) in [6, 6.07) is 0. The molecule has 1 N–H and O–H groups in total. The molecule has 1 heteroatoms. The van der Waals surface area contributed by atoms with E-state index in [1.54, 1.807) is 0 Å². The Morgan fingerprint density at radius 2 is 1.45 bits per heavy atom. The van der Waals surface area contributed by atoms with Gasteiger partial charge in [-0.2, -0.15) is 0 Å². The highest BCUT2D eigenvalue weighted by Crippen LogP contribution is 2.77. The molecule has 5 saturated carbocycles. The van der Waals surface area contributed by atoms with Gasteiger partial charge in [0.05, 0.1) is 6.10 Å². The predicted octanol–water partition coefficient (Wildman–Crippen LogP) is 8.02. The Hall–Kier alpha value is -0.300. The van der Waals surface area contributed by atoms with Gasteiger partial charge in [0, 0.05) is 0 Å². The summed E-state index contributed by atoms with van der Waals surface area (Å²) < 4.78 is 0. The molecule has 0 heterocycles. The maximum Gasteiger partial charge on any atom is 0.0594 e. The largest absolute Gasteiger partial charge is 0.393 e. The quantitative estimate of drug-likeness (QED) is 0.421. The van der Waals surface area contributed by atoms with Crippen LogP contribution in [0.25, 0.3) is 0 Å². The van der Waals surface area contributed by atoms with Gasteiger partial charge in [0.2, 0.25) is 0 Å². The van der Waals surface area contributed by atoms with Crippen molar-refractivity contribution in [1.82, 2.24) is 0 Å². The summed E-state index contributed by atoms with van der Waals surface area (Å²) in [7, 11) is 0. The smallest absolute Gasteiger partial charge is 0.0594 e. The van der Waals surface area contributed by atoms with Crippen LogP contribution in [0.4, 0.5) is 0 Å². The average Bonchev–Trinajstić information content (AvgIpc) is 3.04. The third-order valence-electron chi connectivity index (χ3n) is 13.5. The Balaban J connectivity index is 1.54. The lowest BCUT2D eigenvalue weighted by Gasteiger charge is -2.73. The van der Waals surface area contributed by atoms with Gasteiger partial charge in [0.25, 0.3) is 0 Å². The second kappa shape index (κ2) is 6.64. The molecule has 0 amide bonds. The van der Waals surface area contributed by atoms with Crippen LogP contribution < -0.4 is 0 Å². The van der Waals surface area contributed by atoms with Crippen molar-refractivity contribution in [2.24, 2.45) is 56.7 Å². The van der Waals surface area contributed by atoms with Crippen LogP contribution in [0.15, 0.2) is 12.2 Å². The van der Waals surface area contributed by atoms with Crippen molar-refractivity contribution in [3.05, 3.63) is 12.2 Å². The number of rotatable bonds is 1. The molecule has 2 unspecified atom stereocenters. The van der Waals surface area contributed by atoms with Crippen molar-refractivity contribution >= 4 is 0 Å². The van der Waals surface area contributed by atoms with E-state index in [-0.39, 0.29) is 11.5 Å². The van der Waals surface area contributed by atoms with Crippen LogP contribution in [0.5, 0.6) is 0 Å². The summed E-state index contributed by atoms with van der Waals surface area (Å²) in [5.41, 5.74) is 3.38. The SMILES string of the molecule is C=C(C)[C@@H]1CC[C@]2(C)CC[C@]3(C)[C@H](CCC4[C@@]5(C)CC[C@@H](O)C(C)(C)[C@@H]5CC[C@]43C)C12. The van der Waals surface area contributed by atoms with Gasteiger partial charge in [-0.3, -0.25) is 0 Å². The molecule has 1 nitrogen and oxygen atoms in total. The molecule has 0 spiro atoms. The van der Waals surface area contributed by atoms with E-state index >= 15 is 0 Å². The molecular formula is C30H50O. The zero-order valence-corrected chi connectivity index (χ0v) is 21.7. The van der Waals surface area contributed by atoms with Gasteiger partial charge < -0.3 is 5.11 Å². The summed E-state index contributed by atoms with van der Waals surface area (Å²) in [5.74, 6) is 3.98. The zero-order valence-electron chi connectivity index (χ0n) is 21.7. The highest BCUT2D eigenvalue weighted by molar-refractivity contribution is 5.21. The molecule has 5 aliphatic carbocycles. The molecule has 5 rings (SSSR count). The Morgan fingerprint density at radius 3 is 2.13 bits per heavy atom. The predicted molar refractivity (Wildman–Crippen MR) is 131 cm³/mol. The number of aliphatic hydroxyl groups is 1. The number of hydrogen-bond donors (Lipinski definition) is 1. The first-order valence-corrected chi connectivity index (χ1v) is 13.6. The zero-order chi connectivity index (χ0) is 22.6. The third-order valence-corrected chi connectivity index (χ3v) is 13.5. The van der Waals surface area contributed by atoms with Gasteiger partial charge in [0.15, 0.2) is 0 Å². The van der Waals surface area contributed by atoms with Crippen LogP contribution >= 0.6 is 0 Å². The molecule has 5 fully saturated rings. The van der Waals surface area contributed by atoms with Gasteiger partial charge in [-0.1, -0.05) is 53.7 Å². The molecule has 0 bridgehead atoms. The van der Waals surface area contributed by atoms with Gasteiger partial charge in [-0.15, -0.1) is 0 Å². The summed E-state index contributed by atoms with van der Waals surface area (Å²) in [5, 5.41) is 10.9. The molecular weight excluding hydrogens is 376 g/mol. The number of hydrogen-bond acceptors (Lipinski definition) is 1. The molecule has 10 atom stereocenters. The lowest BCUT2D eigenvalue weighted by atomic mass is 9.32. The number of fused-ring (bicyclic) bond motifs is 7. The fourth-order valence-corrected chi connectivity index (χ4v) is 11.5. The summed E-state index contributed by atoms with van der Waals surface area (Å²) >= 11 is 0. The van der Waals surface area contributed by atoms with E-state index in [2.05, 4.69) is 55.0 Å². The first-order valence-electron chi connectivity index (χ1n) is 13.6. The topological polar surface area (TPSA) is 20.2 Å². The number of allylic oxidation sites excluding steroid dienone is 1. The van der Waals surface area contributed by atoms with E-state index in [0.717, 1.165) is 30.1 Å². The monoisotopic (exact) mass is 426 g/mol. The second-order valence-electron chi connectivity index (χ2n) is 14.7. The van der Waals surface area contributed by atoms with E-state index in [1.807, 2.05) is 0 Å². The first kappa shape index (κ1) is 22.5. The van der Waals surface area contributed by atoms with Crippen LogP contribution in [-0.2, 0) is 0 Å². The maximum absolute atomic E-state index is 10.9. The van der Waals surface area contributed by atoms with Gasteiger partial charge >= 0.3 is 0 Å². The molecule has 5 aliphatic rings. The number of aliphatic hydroxyl groups excluding tert-OH is 1. The minimum Gasteiger partial charge on any atom is -0.393 e. The van der Waals surface area contributed by atoms with E-state index in [0.29, 0.717) is 27.6 Å². The van der Waals surface area contributed by atoms with E-state index in [9.17, 15) is 5.11 Å².